The van der Waals surface area contributed by atoms with Crippen LogP contribution in [0.5, 0.6) is 0 Å². The zero-order chi connectivity index (χ0) is 18.3. The number of aryl methyl sites for hydroxylation is 1. The third-order valence-electron chi connectivity index (χ3n) is 4.30. The van der Waals surface area contributed by atoms with Crippen LogP contribution in [0.4, 0.5) is 4.39 Å². The maximum atomic E-state index is 13.4. The molecular formula is C20H15FN2O2S. The maximum Gasteiger partial charge on any atom is 0.329 e. The van der Waals surface area contributed by atoms with E-state index in [2.05, 4.69) is 4.98 Å². The summed E-state index contributed by atoms with van der Waals surface area (Å²) in [7, 11) is 0. The van der Waals surface area contributed by atoms with Crippen molar-refractivity contribution < 1.29 is 4.39 Å². The fraction of sp³-hybridized carbons (Fsp3) is 0.100. The monoisotopic (exact) mass is 366 g/mol. The molecule has 0 aliphatic heterocycles. The lowest BCUT2D eigenvalue weighted by atomic mass is 10.0. The molecule has 0 fully saturated rings. The van der Waals surface area contributed by atoms with Gasteiger partial charge in [0.2, 0.25) is 0 Å². The Hall–Kier alpha value is -2.99. The van der Waals surface area contributed by atoms with E-state index in [0.717, 1.165) is 20.6 Å². The Morgan fingerprint density at radius 1 is 1.08 bits per heavy atom. The molecule has 6 heteroatoms. The van der Waals surface area contributed by atoms with Gasteiger partial charge in [-0.2, -0.15) is 0 Å². The van der Waals surface area contributed by atoms with Gasteiger partial charge in [0.15, 0.2) is 0 Å². The van der Waals surface area contributed by atoms with Crippen molar-refractivity contribution in [3.63, 3.8) is 0 Å². The second kappa shape index (κ2) is 6.38. The summed E-state index contributed by atoms with van der Waals surface area (Å²) in [5, 5.41) is 0.495. The van der Waals surface area contributed by atoms with Crippen molar-refractivity contribution in [2.45, 2.75) is 13.5 Å². The Morgan fingerprint density at radius 2 is 1.85 bits per heavy atom. The quantitative estimate of drug-likeness (QED) is 0.598. The highest BCUT2D eigenvalue weighted by Gasteiger charge is 2.18. The van der Waals surface area contributed by atoms with Gasteiger partial charge in [0, 0.05) is 10.4 Å². The predicted octanol–water partition coefficient (Wildman–Crippen LogP) is 3.91. The number of benzene rings is 2. The van der Waals surface area contributed by atoms with Crippen molar-refractivity contribution >= 4 is 21.6 Å². The minimum atomic E-state index is -0.493. The lowest BCUT2D eigenvalue weighted by Gasteiger charge is -2.07. The average Bonchev–Trinajstić information content (AvgIpc) is 2.95. The van der Waals surface area contributed by atoms with Crippen molar-refractivity contribution in [1.29, 1.82) is 0 Å². The Morgan fingerprint density at radius 3 is 2.58 bits per heavy atom. The van der Waals surface area contributed by atoms with E-state index in [1.165, 1.54) is 23.5 Å². The molecule has 0 amide bonds. The Balaban J connectivity index is 1.96. The topological polar surface area (TPSA) is 54.9 Å². The molecule has 0 bridgehead atoms. The van der Waals surface area contributed by atoms with Crippen LogP contribution < -0.4 is 11.2 Å². The molecule has 26 heavy (non-hydrogen) atoms. The number of aromatic amines is 1. The van der Waals surface area contributed by atoms with Gasteiger partial charge in [-0.1, -0.05) is 42.5 Å². The molecule has 2 aromatic heterocycles. The first kappa shape index (κ1) is 16.5. The van der Waals surface area contributed by atoms with Crippen LogP contribution >= 0.6 is 11.3 Å². The zero-order valence-electron chi connectivity index (χ0n) is 14.0. The lowest BCUT2D eigenvalue weighted by Crippen LogP contribution is -2.35. The third kappa shape index (κ3) is 2.78. The summed E-state index contributed by atoms with van der Waals surface area (Å²) in [6, 6.07) is 15.5. The molecule has 2 heterocycles. The van der Waals surface area contributed by atoms with Gasteiger partial charge in [0.25, 0.3) is 5.56 Å². The molecule has 130 valence electrons. The highest BCUT2D eigenvalue weighted by atomic mass is 32.1. The Bertz CT molecular complexity index is 1220. The van der Waals surface area contributed by atoms with Crippen LogP contribution in [0.1, 0.15) is 10.4 Å². The number of fused-ring (bicyclic) bond motifs is 1. The molecule has 4 nitrogen and oxygen atoms in total. The first-order valence-electron chi connectivity index (χ1n) is 8.10. The van der Waals surface area contributed by atoms with Crippen LogP contribution in [0.2, 0.25) is 0 Å². The van der Waals surface area contributed by atoms with Crippen molar-refractivity contribution in [2.24, 2.45) is 0 Å². The second-order valence-corrected chi connectivity index (χ2v) is 7.28. The molecular weight excluding hydrogens is 351 g/mol. The lowest BCUT2D eigenvalue weighted by molar-refractivity contribution is 0.621. The van der Waals surface area contributed by atoms with Crippen LogP contribution in [-0.2, 0) is 6.54 Å². The smallest absolute Gasteiger partial charge is 0.298 e. The zero-order valence-corrected chi connectivity index (χ0v) is 14.8. The molecule has 4 rings (SSSR count). The fourth-order valence-electron chi connectivity index (χ4n) is 3.14. The predicted molar refractivity (Wildman–Crippen MR) is 102 cm³/mol. The maximum absolute atomic E-state index is 13.4. The molecule has 0 aliphatic rings. The number of halogens is 1. The fourth-order valence-corrected chi connectivity index (χ4v) is 4.20. The molecule has 1 N–H and O–H groups in total. The summed E-state index contributed by atoms with van der Waals surface area (Å²) in [6.45, 7) is 1.95. The number of nitrogens with one attached hydrogen (secondary N) is 1. The molecule has 2 aromatic carbocycles. The van der Waals surface area contributed by atoms with Crippen molar-refractivity contribution in [3.05, 3.63) is 91.7 Å². The van der Waals surface area contributed by atoms with E-state index in [4.69, 9.17) is 0 Å². The van der Waals surface area contributed by atoms with Crippen molar-refractivity contribution in [2.75, 3.05) is 0 Å². The number of aromatic nitrogens is 2. The molecule has 0 radical (unpaired) electrons. The van der Waals surface area contributed by atoms with Gasteiger partial charge >= 0.3 is 5.69 Å². The normalized spacial score (nSPS) is 11.2. The summed E-state index contributed by atoms with van der Waals surface area (Å²) in [5.41, 5.74) is 1.46. The van der Waals surface area contributed by atoms with Crippen molar-refractivity contribution in [3.8, 4) is 11.1 Å². The number of thiophene rings is 1. The summed E-state index contributed by atoms with van der Waals surface area (Å²) < 4.78 is 14.6. The summed E-state index contributed by atoms with van der Waals surface area (Å²) in [4.78, 5) is 29.8. The summed E-state index contributed by atoms with van der Waals surface area (Å²) in [5.74, 6) is -0.399. The SMILES string of the molecule is Cc1sc2[nH]c(=O)n(Cc3cccc(F)c3)c(=O)c2c1-c1ccccc1. The van der Waals surface area contributed by atoms with Crippen LogP contribution in [0.25, 0.3) is 21.3 Å². The molecule has 4 aromatic rings. The minimum absolute atomic E-state index is 0.0188. The number of H-pyrrole nitrogens is 1. The standard InChI is InChI=1S/C20H15FN2O2S/c1-12-16(14-7-3-2-4-8-14)17-18(26-12)22-20(25)23(19(17)24)11-13-6-5-9-15(21)10-13/h2-10H,11H2,1H3,(H,22,25). The number of rotatable bonds is 3. The van der Waals surface area contributed by atoms with E-state index >= 15 is 0 Å². The first-order chi connectivity index (χ1) is 12.5. The summed E-state index contributed by atoms with van der Waals surface area (Å²) >= 11 is 1.39. The van der Waals surface area contributed by atoms with E-state index < -0.39 is 11.5 Å². The van der Waals surface area contributed by atoms with E-state index in [-0.39, 0.29) is 12.1 Å². The molecule has 0 aliphatic carbocycles. The Kier molecular flexibility index (Phi) is 4.05. The second-order valence-electron chi connectivity index (χ2n) is 6.05. The highest BCUT2D eigenvalue weighted by Crippen LogP contribution is 2.34. The number of hydrogen-bond acceptors (Lipinski definition) is 3. The van der Waals surface area contributed by atoms with Gasteiger partial charge in [-0.15, -0.1) is 11.3 Å². The van der Waals surface area contributed by atoms with Gasteiger partial charge in [-0.25, -0.2) is 9.18 Å². The summed E-state index contributed by atoms with van der Waals surface area (Å²) in [6.07, 6.45) is 0. The van der Waals surface area contributed by atoms with E-state index in [1.54, 1.807) is 12.1 Å². The van der Waals surface area contributed by atoms with E-state index in [9.17, 15) is 14.0 Å². The van der Waals surface area contributed by atoms with Gasteiger partial charge in [-0.3, -0.25) is 14.3 Å². The highest BCUT2D eigenvalue weighted by molar-refractivity contribution is 7.19. The van der Waals surface area contributed by atoms with Crippen LogP contribution in [0.15, 0.2) is 64.2 Å². The molecule has 0 atom stereocenters. The van der Waals surface area contributed by atoms with E-state index in [1.807, 2.05) is 37.3 Å². The largest absolute Gasteiger partial charge is 0.329 e. The molecule has 0 saturated heterocycles. The molecule has 0 unspecified atom stereocenters. The average molecular weight is 366 g/mol. The van der Waals surface area contributed by atoms with Gasteiger partial charge < -0.3 is 0 Å². The van der Waals surface area contributed by atoms with Gasteiger partial charge in [0.1, 0.15) is 10.6 Å². The minimum Gasteiger partial charge on any atom is -0.298 e. The van der Waals surface area contributed by atoms with Crippen molar-refractivity contribution in [1.82, 2.24) is 9.55 Å². The van der Waals surface area contributed by atoms with Crippen LogP contribution in [0, 0.1) is 12.7 Å². The van der Waals surface area contributed by atoms with Gasteiger partial charge in [-0.05, 0) is 30.2 Å². The number of nitrogens with zero attached hydrogens (tertiary/aromatic N) is 1. The van der Waals surface area contributed by atoms with Gasteiger partial charge in [0.05, 0.1) is 11.9 Å². The van der Waals surface area contributed by atoms with Crippen LogP contribution in [-0.4, -0.2) is 9.55 Å². The Labute approximate surface area is 152 Å². The van der Waals surface area contributed by atoms with E-state index in [0.29, 0.717) is 15.8 Å². The third-order valence-corrected chi connectivity index (χ3v) is 5.32. The number of hydrogen-bond donors (Lipinski definition) is 1. The first-order valence-corrected chi connectivity index (χ1v) is 8.92. The molecule has 0 spiro atoms. The molecule has 0 saturated carbocycles. The van der Waals surface area contributed by atoms with Crippen LogP contribution in [0.3, 0.4) is 0 Å².